The van der Waals surface area contributed by atoms with Crippen LogP contribution in [0.4, 0.5) is 0 Å². The third-order valence-corrected chi connectivity index (χ3v) is 4.31. The predicted octanol–water partition coefficient (Wildman–Crippen LogP) is 5.41. The Bertz CT molecular complexity index is 207. The number of unbranched alkanes of at least 4 members (excludes halogenated alkanes) is 6. The second-order valence-corrected chi connectivity index (χ2v) is 6.85. The number of rotatable bonds is 14. The third kappa shape index (κ3) is 20.5. The van der Waals surface area contributed by atoms with Gasteiger partial charge in [0.25, 0.3) is 0 Å². The van der Waals surface area contributed by atoms with Crippen molar-refractivity contribution in [3.05, 3.63) is 0 Å². The van der Waals surface area contributed by atoms with Crippen LogP contribution in [0, 0.1) is 0 Å². The highest BCUT2D eigenvalue weighted by molar-refractivity contribution is 6.20. The second kappa shape index (κ2) is 19.5. The lowest BCUT2D eigenvalue weighted by Crippen LogP contribution is -2.25. The first-order valence-electron chi connectivity index (χ1n) is 8.57. The van der Waals surface area contributed by atoms with Crippen molar-refractivity contribution in [1.29, 1.82) is 0 Å². The largest absolute Gasteiger partial charge is 0.393 e. The van der Waals surface area contributed by atoms with Crippen LogP contribution in [-0.2, 0) is 0 Å². The van der Waals surface area contributed by atoms with Crippen LogP contribution < -0.4 is 6.15 Å². The normalized spacial score (nSPS) is 13.4. The van der Waals surface area contributed by atoms with E-state index >= 15 is 0 Å². The number of aliphatic hydroxyl groups excluding tert-OH is 1. The van der Waals surface area contributed by atoms with Crippen molar-refractivity contribution in [3.8, 4) is 0 Å². The van der Waals surface area contributed by atoms with Crippen molar-refractivity contribution >= 4 is 24.0 Å². The van der Waals surface area contributed by atoms with Gasteiger partial charge in [-0.25, -0.2) is 0 Å². The molecule has 0 saturated carbocycles. The zero-order valence-corrected chi connectivity index (χ0v) is 16.6. The quantitative estimate of drug-likeness (QED) is 0.322. The first kappa shape index (κ1) is 27.3. The molecule has 0 radical (unpaired) electrons. The van der Waals surface area contributed by atoms with Gasteiger partial charge < -0.3 is 16.2 Å². The van der Waals surface area contributed by atoms with Crippen molar-refractivity contribution in [2.45, 2.75) is 89.5 Å². The fraction of sp³-hybridized carbons (Fsp3) is 1.00. The molecule has 138 valence electrons. The van der Waals surface area contributed by atoms with E-state index < -0.39 is 0 Å². The van der Waals surface area contributed by atoms with Crippen molar-refractivity contribution in [2.75, 3.05) is 20.1 Å². The lowest BCUT2D eigenvalue weighted by molar-refractivity contribution is 0.164. The monoisotopic (exact) mass is 358 g/mol. The average molecular weight is 359 g/mol. The summed E-state index contributed by atoms with van der Waals surface area (Å²) in [4.78, 5) is 2.27. The first-order chi connectivity index (χ1) is 9.56. The minimum absolute atomic E-state index is 0. The minimum Gasteiger partial charge on any atom is -0.393 e. The molecule has 2 atom stereocenters. The van der Waals surface area contributed by atoms with Gasteiger partial charge in [-0.15, -0.1) is 24.0 Å². The van der Waals surface area contributed by atoms with Crippen LogP contribution in [-0.4, -0.2) is 41.6 Å². The molecule has 0 bridgehead atoms. The Morgan fingerprint density at radius 1 is 0.909 bits per heavy atom. The maximum absolute atomic E-state index is 9.25. The summed E-state index contributed by atoms with van der Waals surface area (Å²) in [7, 11) is 2.11. The van der Waals surface area contributed by atoms with E-state index in [1.165, 1.54) is 44.9 Å². The van der Waals surface area contributed by atoms with Crippen LogP contribution in [0.5, 0.6) is 0 Å². The van der Waals surface area contributed by atoms with E-state index in [2.05, 4.69) is 18.9 Å². The van der Waals surface area contributed by atoms with Gasteiger partial charge >= 0.3 is 0 Å². The van der Waals surface area contributed by atoms with Gasteiger partial charge in [-0.1, -0.05) is 51.9 Å². The Morgan fingerprint density at radius 2 is 1.41 bits per heavy atom. The van der Waals surface area contributed by atoms with E-state index in [9.17, 15) is 5.11 Å². The number of nitrogens with zero attached hydrogens (tertiary/aromatic N) is 1. The fourth-order valence-corrected chi connectivity index (χ4v) is 2.60. The lowest BCUT2D eigenvalue weighted by atomic mass is 10.1. The van der Waals surface area contributed by atoms with E-state index in [1.54, 1.807) is 0 Å². The molecular formula is C17H40Cl2N2O. The van der Waals surface area contributed by atoms with Crippen LogP contribution in [0.15, 0.2) is 0 Å². The standard InChI is InChI=1S/C17H36ClNO.ClH.H3N/c1-4-5-6-7-8-9-10-11-17(18)13-15-19(3)14-12-16(2)20;;/h16-17,20H,4-15H2,1-3H3;1H;1H3. The van der Waals surface area contributed by atoms with Gasteiger partial charge in [0.2, 0.25) is 0 Å². The maximum Gasteiger partial charge on any atom is 0.0524 e. The summed E-state index contributed by atoms with van der Waals surface area (Å²) in [6.07, 6.45) is 12.4. The number of hydrogen-bond donors (Lipinski definition) is 2. The van der Waals surface area contributed by atoms with Crippen LogP contribution in [0.25, 0.3) is 0 Å². The zero-order chi connectivity index (χ0) is 15.2. The Hall–Kier alpha value is 0.460. The van der Waals surface area contributed by atoms with Gasteiger partial charge in [-0.2, -0.15) is 0 Å². The van der Waals surface area contributed by atoms with Gasteiger partial charge in [0, 0.05) is 11.9 Å². The molecule has 5 heteroatoms. The maximum atomic E-state index is 9.25. The first-order valence-corrected chi connectivity index (χ1v) is 9.00. The molecule has 0 aromatic heterocycles. The van der Waals surface area contributed by atoms with E-state index in [-0.39, 0.29) is 24.7 Å². The summed E-state index contributed by atoms with van der Waals surface area (Å²) in [6, 6.07) is 0. The third-order valence-electron chi connectivity index (χ3n) is 3.87. The van der Waals surface area contributed by atoms with Crippen molar-refractivity contribution in [3.63, 3.8) is 0 Å². The van der Waals surface area contributed by atoms with E-state index in [1.807, 2.05) is 6.92 Å². The van der Waals surface area contributed by atoms with Crippen molar-refractivity contribution in [2.24, 2.45) is 0 Å². The Kier molecular flexibility index (Phi) is 24.2. The molecule has 3 nitrogen and oxygen atoms in total. The molecule has 22 heavy (non-hydrogen) atoms. The van der Waals surface area contributed by atoms with E-state index in [0.29, 0.717) is 5.38 Å². The predicted molar refractivity (Wildman–Crippen MR) is 103 cm³/mol. The molecule has 0 aliphatic carbocycles. The molecule has 0 aromatic carbocycles. The average Bonchev–Trinajstić information content (AvgIpc) is 2.41. The molecule has 4 N–H and O–H groups in total. The molecule has 0 saturated heterocycles. The van der Waals surface area contributed by atoms with Gasteiger partial charge in [0.05, 0.1) is 6.10 Å². The minimum atomic E-state index is -0.197. The Balaban J connectivity index is -0.00000180. The summed E-state index contributed by atoms with van der Waals surface area (Å²) < 4.78 is 0. The summed E-state index contributed by atoms with van der Waals surface area (Å²) in [5, 5.41) is 9.57. The summed E-state index contributed by atoms with van der Waals surface area (Å²) in [6.45, 7) is 6.10. The smallest absolute Gasteiger partial charge is 0.0524 e. The molecule has 0 aliphatic rings. The van der Waals surface area contributed by atoms with Crippen molar-refractivity contribution in [1.82, 2.24) is 11.1 Å². The topological polar surface area (TPSA) is 58.5 Å². The second-order valence-electron chi connectivity index (χ2n) is 6.24. The number of aliphatic hydroxyl groups is 1. The molecule has 0 heterocycles. The highest BCUT2D eigenvalue weighted by atomic mass is 35.5. The van der Waals surface area contributed by atoms with E-state index in [0.717, 1.165) is 32.4 Å². The molecule has 0 aliphatic heterocycles. The van der Waals surface area contributed by atoms with Gasteiger partial charge in [-0.3, -0.25) is 0 Å². The number of alkyl halides is 1. The van der Waals surface area contributed by atoms with Crippen LogP contribution in [0.2, 0.25) is 0 Å². The zero-order valence-electron chi connectivity index (χ0n) is 15.0. The summed E-state index contributed by atoms with van der Waals surface area (Å²) >= 11 is 6.37. The van der Waals surface area contributed by atoms with Crippen LogP contribution in [0.1, 0.15) is 78.1 Å². The fourth-order valence-electron chi connectivity index (χ4n) is 2.35. The van der Waals surface area contributed by atoms with Gasteiger partial charge in [-0.05, 0) is 39.8 Å². The van der Waals surface area contributed by atoms with Crippen molar-refractivity contribution < 1.29 is 5.11 Å². The van der Waals surface area contributed by atoms with E-state index in [4.69, 9.17) is 11.6 Å². The highest BCUT2D eigenvalue weighted by Crippen LogP contribution is 2.15. The Labute approximate surface area is 150 Å². The summed E-state index contributed by atoms with van der Waals surface area (Å²) in [5.74, 6) is 0. The SMILES string of the molecule is CCCCCCCCCC(Cl)CCN(C)CCC(C)O.Cl.N. The Morgan fingerprint density at radius 3 is 1.95 bits per heavy atom. The molecule has 0 rings (SSSR count). The molecule has 0 fully saturated rings. The van der Waals surface area contributed by atoms with Gasteiger partial charge in [0.1, 0.15) is 0 Å². The molecular weight excluding hydrogens is 319 g/mol. The van der Waals surface area contributed by atoms with Crippen LogP contribution in [0.3, 0.4) is 0 Å². The molecule has 0 amide bonds. The lowest BCUT2D eigenvalue weighted by Gasteiger charge is -2.19. The molecule has 0 aromatic rings. The molecule has 0 spiro atoms. The number of hydrogen-bond acceptors (Lipinski definition) is 3. The highest BCUT2D eigenvalue weighted by Gasteiger charge is 2.07. The van der Waals surface area contributed by atoms with Crippen LogP contribution >= 0.6 is 24.0 Å². The van der Waals surface area contributed by atoms with Gasteiger partial charge in [0.15, 0.2) is 0 Å². The molecule has 2 unspecified atom stereocenters. The summed E-state index contributed by atoms with van der Waals surface area (Å²) in [5.41, 5.74) is 0. The number of halogens is 2.